The number of thiazole rings is 1. The predicted octanol–water partition coefficient (Wildman–Crippen LogP) is 2.66. The highest BCUT2D eigenvalue weighted by molar-refractivity contribution is 9.10. The van der Waals surface area contributed by atoms with Crippen molar-refractivity contribution in [2.24, 2.45) is 4.99 Å². The average molecular weight is 299 g/mol. The number of rotatable bonds is 2. The molecule has 0 spiro atoms. The Morgan fingerprint density at radius 3 is 2.62 bits per heavy atom. The molecule has 0 atom stereocenters. The summed E-state index contributed by atoms with van der Waals surface area (Å²) < 4.78 is 0.973. The first kappa shape index (κ1) is 11.1. The largest absolute Gasteiger partial charge is 0.493 e. The van der Waals surface area contributed by atoms with Gasteiger partial charge in [-0.3, -0.25) is 14.8 Å². The SMILES string of the molecule is O=c1[nH]c(O)c(C=Nc2ccc(Br)cc2)s1. The fourth-order valence-electron chi connectivity index (χ4n) is 1.08. The third-order valence-electron chi connectivity index (χ3n) is 1.81. The molecule has 82 valence electrons. The molecule has 1 aromatic carbocycles. The number of hydrogen-bond donors (Lipinski definition) is 2. The van der Waals surface area contributed by atoms with Crippen molar-refractivity contribution in [3.8, 4) is 5.88 Å². The minimum atomic E-state index is -0.297. The number of nitrogens with one attached hydrogen (secondary N) is 1. The van der Waals surface area contributed by atoms with Gasteiger partial charge in [0.05, 0.1) is 11.9 Å². The van der Waals surface area contributed by atoms with E-state index in [1.165, 1.54) is 6.21 Å². The van der Waals surface area contributed by atoms with Gasteiger partial charge in [0.15, 0.2) is 0 Å². The standard InChI is InChI=1S/C10H7BrN2O2S/c11-6-1-3-7(4-2-6)12-5-8-9(14)13-10(15)16-8/h1-5,14H,(H,13,15). The number of H-pyrrole nitrogens is 1. The van der Waals surface area contributed by atoms with E-state index in [2.05, 4.69) is 25.9 Å². The first-order valence-corrected chi connectivity index (χ1v) is 5.98. The van der Waals surface area contributed by atoms with Gasteiger partial charge < -0.3 is 5.11 Å². The van der Waals surface area contributed by atoms with Crippen LogP contribution < -0.4 is 4.87 Å². The fourth-order valence-corrected chi connectivity index (χ4v) is 1.94. The van der Waals surface area contributed by atoms with Gasteiger partial charge in [0.2, 0.25) is 5.88 Å². The molecular weight excluding hydrogens is 292 g/mol. The number of aromatic hydroxyl groups is 1. The van der Waals surface area contributed by atoms with E-state index in [9.17, 15) is 9.90 Å². The van der Waals surface area contributed by atoms with Crippen molar-refractivity contribution >= 4 is 39.2 Å². The highest BCUT2D eigenvalue weighted by Gasteiger charge is 2.02. The summed E-state index contributed by atoms with van der Waals surface area (Å²) in [4.78, 5) is 17.4. The summed E-state index contributed by atoms with van der Waals surface area (Å²) in [5, 5.41) is 9.31. The number of benzene rings is 1. The monoisotopic (exact) mass is 298 g/mol. The van der Waals surface area contributed by atoms with Gasteiger partial charge in [-0.2, -0.15) is 0 Å². The van der Waals surface area contributed by atoms with Crippen LogP contribution in [0.25, 0.3) is 0 Å². The molecule has 6 heteroatoms. The molecule has 16 heavy (non-hydrogen) atoms. The van der Waals surface area contributed by atoms with Crippen molar-refractivity contribution in [2.75, 3.05) is 0 Å². The Balaban J connectivity index is 2.24. The fraction of sp³-hybridized carbons (Fsp3) is 0. The normalized spacial score (nSPS) is 11.1. The molecule has 0 aliphatic rings. The average Bonchev–Trinajstić information content (AvgIpc) is 2.57. The summed E-state index contributed by atoms with van der Waals surface area (Å²) in [7, 11) is 0. The van der Waals surface area contributed by atoms with E-state index in [1.807, 2.05) is 24.3 Å². The lowest BCUT2D eigenvalue weighted by molar-refractivity contribution is 0.455. The van der Waals surface area contributed by atoms with E-state index in [-0.39, 0.29) is 10.8 Å². The molecule has 1 aromatic heterocycles. The van der Waals surface area contributed by atoms with Crippen molar-refractivity contribution in [3.63, 3.8) is 0 Å². The molecule has 0 aliphatic heterocycles. The summed E-state index contributed by atoms with van der Waals surface area (Å²) in [5.74, 6) is -0.143. The van der Waals surface area contributed by atoms with Gasteiger partial charge in [0.25, 0.3) is 0 Å². The van der Waals surface area contributed by atoms with Crippen LogP contribution in [0.2, 0.25) is 0 Å². The van der Waals surface area contributed by atoms with Gasteiger partial charge in [-0.25, -0.2) is 0 Å². The van der Waals surface area contributed by atoms with Gasteiger partial charge in [-0.05, 0) is 24.3 Å². The molecule has 0 saturated heterocycles. The van der Waals surface area contributed by atoms with Gasteiger partial charge in [0, 0.05) is 4.47 Å². The molecule has 2 rings (SSSR count). The second kappa shape index (κ2) is 4.63. The van der Waals surface area contributed by atoms with Gasteiger partial charge in [0.1, 0.15) is 4.88 Å². The maximum atomic E-state index is 10.9. The minimum Gasteiger partial charge on any atom is -0.493 e. The summed E-state index contributed by atoms with van der Waals surface area (Å²) in [6, 6.07) is 7.39. The van der Waals surface area contributed by atoms with Crippen LogP contribution in [0.1, 0.15) is 4.88 Å². The third-order valence-corrected chi connectivity index (χ3v) is 3.15. The Labute approximate surface area is 103 Å². The molecule has 1 heterocycles. The van der Waals surface area contributed by atoms with Crippen molar-refractivity contribution in [1.29, 1.82) is 0 Å². The molecule has 0 unspecified atom stereocenters. The molecule has 0 aliphatic carbocycles. The number of aliphatic imine (C=N–C) groups is 1. The first-order valence-electron chi connectivity index (χ1n) is 4.37. The van der Waals surface area contributed by atoms with Crippen LogP contribution in [-0.2, 0) is 0 Å². The van der Waals surface area contributed by atoms with E-state index >= 15 is 0 Å². The molecule has 4 nitrogen and oxygen atoms in total. The predicted molar refractivity (Wildman–Crippen MR) is 68.0 cm³/mol. The molecule has 0 bridgehead atoms. The molecule has 0 saturated carbocycles. The Morgan fingerprint density at radius 1 is 1.38 bits per heavy atom. The van der Waals surface area contributed by atoms with Crippen LogP contribution in [0.15, 0.2) is 38.5 Å². The number of halogens is 1. The second-order valence-electron chi connectivity index (χ2n) is 2.96. The maximum absolute atomic E-state index is 10.9. The molecular formula is C10H7BrN2O2S. The van der Waals surface area contributed by atoms with Gasteiger partial charge in [-0.1, -0.05) is 27.3 Å². The van der Waals surface area contributed by atoms with Gasteiger partial charge >= 0.3 is 4.87 Å². The van der Waals surface area contributed by atoms with Crippen LogP contribution in [0.3, 0.4) is 0 Å². The smallest absolute Gasteiger partial charge is 0.307 e. The summed E-state index contributed by atoms with van der Waals surface area (Å²) >= 11 is 4.24. The lowest BCUT2D eigenvalue weighted by atomic mass is 10.3. The Hall–Kier alpha value is -1.40. The zero-order valence-corrected chi connectivity index (χ0v) is 10.4. The zero-order valence-electron chi connectivity index (χ0n) is 7.98. The maximum Gasteiger partial charge on any atom is 0.307 e. The van der Waals surface area contributed by atoms with Crippen molar-refractivity contribution < 1.29 is 5.11 Å². The van der Waals surface area contributed by atoms with Crippen molar-refractivity contribution in [1.82, 2.24) is 4.98 Å². The first-order chi connectivity index (χ1) is 7.65. The number of aromatic amines is 1. The van der Waals surface area contributed by atoms with E-state index < -0.39 is 0 Å². The topological polar surface area (TPSA) is 65.5 Å². The molecule has 0 fully saturated rings. The van der Waals surface area contributed by atoms with E-state index in [0.29, 0.717) is 4.88 Å². The van der Waals surface area contributed by atoms with E-state index in [4.69, 9.17) is 0 Å². The third kappa shape index (κ3) is 2.59. The molecule has 0 amide bonds. The van der Waals surface area contributed by atoms with Crippen molar-refractivity contribution in [3.05, 3.63) is 43.3 Å². The van der Waals surface area contributed by atoms with Crippen LogP contribution in [0.4, 0.5) is 5.69 Å². The lowest BCUT2D eigenvalue weighted by Gasteiger charge is -1.92. The number of aromatic nitrogens is 1. The number of hydrogen-bond acceptors (Lipinski definition) is 4. The molecule has 2 N–H and O–H groups in total. The second-order valence-corrected chi connectivity index (χ2v) is 4.89. The summed E-state index contributed by atoms with van der Waals surface area (Å²) in [6.45, 7) is 0. The molecule has 2 aromatic rings. The van der Waals surface area contributed by atoms with Crippen molar-refractivity contribution in [2.45, 2.75) is 0 Å². The summed E-state index contributed by atoms with van der Waals surface area (Å²) in [5.41, 5.74) is 0.753. The zero-order chi connectivity index (χ0) is 11.5. The minimum absolute atomic E-state index is 0.143. The molecule has 0 radical (unpaired) electrons. The summed E-state index contributed by atoms with van der Waals surface area (Å²) in [6.07, 6.45) is 1.46. The van der Waals surface area contributed by atoms with Crippen LogP contribution >= 0.6 is 27.3 Å². The Kier molecular flexibility index (Phi) is 3.21. The lowest BCUT2D eigenvalue weighted by Crippen LogP contribution is -1.89. The van der Waals surface area contributed by atoms with Crippen LogP contribution in [0.5, 0.6) is 5.88 Å². The highest BCUT2D eigenvalue weighted by Crippen LogP contribution is 2.18. The highest BCUT2D eigenvalue weighted by atomic mass is 79.9. The quantitative estimate of drug-likeness (QED) is 0.837. The van der Waals surface area contributed by atoms with Gasteiger partial charge in [-0.15, -0.1) is 0 Å². The van der Waals surface area contributed by atoms with E-state index in [0.717, 1.165) is 21.5 Å². The Morgan fingerprint density at radius 2 is 2.06 bits per heavy atom. The van der Waals surface area contributed by atoms with Crippen LogP contribution in [-0.4, -0.2) is 16.3 Å². The van der Waals surface area contributed by atoms with Crippen LogP contribution in [0, 0.1) is 0 Å². The van der Waals surface area contributed by atoms with E-state index in [1.54, 1.807) is 0 Å². The Bertz CT molecular complexity index is 571. The number of nitrogens with zero attached hydrogens (tertiary/aromatic N) is 1.